The van der Waals surface area contributed by atoms with Gasteiger partial charge in [0.15, 0.2) is 0 Å². The van der Waals surface area contributed by atoms with Crippen LogP contribution in [0.1, 0.15) is 44.6 Å². The first-order valence-corrected chi connectivity index (χ1v) is 7.29. The van der Waals surface area contributed by atoms with Gasteiger partial charge in [-0.15, -0.1) is 0 Å². The van der Waals surface area contributed by atoms with Gasteiger partial charge in [-0.3, -0.25) is 0 Å². The van der Waals surface area contributed by atoms with Crippen LogP contribution in [0, 0.1) is 11.8 Å². The summed E-state index contributed by atoms with van der Waals surface area (Å²) in [5, 5.41) is 0. The summed E-state index contributed by atoms with van der Waals surface area (Å²) >= 11 is 0. The second kappa shape index (κ2) is 6.51. The average Bonchev–Trinajstić information content (AvgIpc) is 2.45. The van der Waals surface area contributed by atoms with Crippen LogP contribution >= 0.6 is 0 Å². The minimum Gasteiger partial charge on any atom is -0.493 e. The van der Waals surface area contributed by atoms with Crippen molar-refractivity contribution in [1.29, 1.82) is 0 Å². The molecule has 0 amide bonds. The van der Waals surface area contributed by atoms with Crippen molar-refractivity contribution in [2.75, 3.05) is 6.61 Å². The summed E-state index contributed by atoms with van der Waals surface area (Å²) in [6.07, 6.45) is 1.79. The molecule has 1 aliphatic rings. The number of alkyl halides is 3. The van der Waals surface area contributed by atoms with Crippen molar-refractivity contribution < 1.29 is 17.9 Å². The molecule has 0 atom stereocenters. The van der Waals surface area contributed by atoms with Gasteiger partial charge in [0.2, 0.25) is 0 Å². The molecule has 0 N–H and O–H groups in total. The normalized spacial score (nSPS) is 23.6. The summed E-state index contributed by atoms with van der Waals surface area (Å²) in [7, 11) is 0. The zero-order chi connectivity index (χ0) is 14.6. The largest absolute Gasteiger partial charge is 0.493 e. The Hall–Kier alpha value is -1.19. The lowest BCUT2D eigenvalue weighted by Gasteiger charge is -2.27. The molecule has 1 fully saturated rings. The van der Waals surface area contributed by atoms with Crippen LogP contribution in [0.15, 0.2) is 24.3 Å². The van der Waals surface area contributed by atoms with Gasteiger partial charge < -0.3 is 4.74 Å². The summed E-state index contributed by atoms with van der Waals surface area (Å²) in [5.74, 6) is 1.91. The van der Waals surface area contributed by atoms with Gasteiger partial charge in [0.25, 0.3) is 0 Å². The van der Waals surface area contributed by atoms with Crippen molar-refractivity contribution in [2.45, 2.75) is 45.2 Å². The van der Waals surface area contributed by atoms with Crippen molar-refractivity contribution in [2.24, 2.45) is 11.8 Å². The van der Waals surface area contributed by atoms with Crippen LogP contribution < -0.4 is 4.74 Å². The Morgan fingerprint density at radius 2 is 1.55 bits per heavy atom. The van der Waals surface area contributed by atoms with Crippen LogP contribution in [0.3, 0.4) is 0 Å². The molecule has 1 saturated carbocycles. The lowest BCUT2D eigenvalue weighted by molar-refractivity contribution is -0.137. The van der Waals surface area contributed by atoms with E-state index in [0.717, 1.165) is 18.1 Å². The van der Waals surface area contributed by atoms with E-state index in [4.69, 9.17) is 4.74 Å². The van der Waals surface area contributed by atoms with Crippen molar-refractivity contribution in [3.8, 4) is 5.75 Å². The molecule has 1 aromatic carbocycles. The van der Waals surface area contributed by atoms with Crippen molar-refractivity contribution in [3.63, 3.8) is 0 Å². The molecule has 0 aromatic heterocycles. The standard InChI is InChI=1S/C16H21F3O/c1-2-12-3-5-13(6-4-12)11-20-15-9-7-14(8-10-15)16(17,18)19/h7-10,12-13H,2-6,11H2,1H3. The van der Waals surface area contributed by atoms with Crippen molar-refractivity contribution >= 4 is 0 Å². The molecule has 0 unspecified atom stereocenters. The Morgan fingerprint density at radius 3 is 2.05 bits per heavy atom. The molecule has 0 heterocycles. The zero-order valence-electron chi connectivity index (χ0n) is 11.7. The van der Waals surface area contributed by atoms with Crippen LogP contribution in [0.2, 0.25) is 0 Å². The molecule has 0 bridgehead atoms. The first-order valence-electron chi connectivity index (χ1n) is 7.29. The monoisotopic (exact) mass is 286 g/mol. The number of ether oxygens (including phenoxy) is 1. The van der Waals surface area contributed by atoms with E-state index in [0.29, 0.717) is 18.3 Å². The van der Waals surface area contributed by atoms with Gasteiger partial charge in [-0.2, -0.15) is 13.2 Å². The molecule has 20 heavy (non-hydrogen) atoms. The fourth-order valence-electron chi connectivity index (χ4n) is 2.76. The van der Waals surface area contributed by atoms with Gasteiger partial charge in [0.05, 0.1) is 12.2 Å². The van der Waals surface area contributed by atoms with Crippen LogP contribution in [0.25, 0.3) is 0 Å². The van der Waals surface area contributed by atoms with E-state index in [1.54, 1.807) is 0 Å². The second-order valence-corrected chi connectivity index (χ2v) is 5.63. The highest BCUT2D eigenvalue weighted by Gasteiger charge is 2.30. The molecule has 0 aliphatic heterocycles. The van der Waals surface area contributed by atoms with Crippen LogP contribution in [0.5, 0.6) is 5.75 Å². The molecule has 1 aliphatic carbocycles. The van der Waals surface area contributed by atoms with E-state index in [9.17, 15) is 13.2 Å². The third-order valence-electron chi connectivity index (χ3n) is 4.21. The van der Waals surface area contributed by atoms with Crippen LogP contribution in [-0.2, 0) is 6.18 Å². The Balaban J connectivity index is 1.80. The number of halogens is 3. The molecule has 4 heteroatoms. The predicted octanol–water partition coefficient (Wildman–Crippen LogP) is 5.30. The molecule has 0 radical (unpaired) electrons. The molecule has 1 nitrogen and oxygen atoms in total. The lowest BCUT2D eigenvalue weighted by atomic mass is 9.81. The maximum absolute atomic E-state index is 12.4. The highest BCUT2D eigenvalue weighted by Crippen LogP contribution is 2.32. The first kappa shape index (κ1) is 15.2. The topological polar surface area (TPSA) is 9.23 Å². The summed E-state index contributed by atoms with van der Waals surface area (Å²) < 4.78 is 42.9. The maximum Gasteiger partial charge on any atom is 0.416 e. The summed E-state index contributed by atoms with van der Waals surface area (Å²) in [6, 6.07) is 4.95. The molecule has 112 valence electrons. The van der Waals surface area contributed by atoms with Gasteiger partial charge in [-0.1, -0.05) is 26.2 Å². The van der Waals surface area contributed by atoms with Crippen LogP contribution in [0.4, 0.5) is 13.2 Å². The molecule has 0 saturated heterocycles. The number of rotatable bonds is 4. The molecular formula is C16H21F3O. The van der Waals surface area contributed by atoms with Gasteiger partial charge >= 0.3 is 6.18 Å². The summed E-state index contributed by atoms with van der Waals surface area (Å²) in [4.78, 5) is 0. The summed E-state index contributed by atoms with van der Waals surface area (Å²) in [6.45, 7) is 2.84. The zero-order valence-corrected chi connectivity index (χ0v) is 11.7. The van der Waals surface area contributed by atoms with E-state index in [-0.39, 0.29) is 0 Å². The van der Waals surface area contributed by atoms with E-state index >= 15 is 0 Å². The Bertz CT molecular complexity index is 403. The predicted molar refractivity (Wildman–Crippen MR) is 72.7 cm³/mol. The highest BCUT2D eigenvalue weighted by molar-refractivity contribution is 5.28. The van der Waals surface area contributed by atoms with E-state index in [1.165, 1.54) is 44.2 Å². The molecule has 1 aromatic rings. The molecule has 0 spiro atoms. The smallest absolute Gasteiger partial charge is 0.416 e. The average molecular weight is 286 g/mol. The van der Waals surface area contributed by atoms with E-state index < -0.39 is 11.7 Å². The third-order valence-corrected chi connectivity index (χ3v) is 4.21. The van der Waals surface area contributed by atoms with E-state index in [2.05, 4.69) is 6.92 Å². The quantitative estimate of drug-likeness (QED) is 0.729. The van der Waals surface area contributed by atoms with Gasteiger partial charge in [-0.05, 0) is 48.9 Å². The first-order chi connectivity index (χ1) is 9.49. The lowest BCUT2D eigenvalue weighted by Crippen LogP contribution is -2.19. The Labute approximate surface area is 118 Å². The molecule has 2 rings (SSSR count). The minimum atomic E-state index is -4.28. The van der Waals surface area contributed by atoms with Crippen molar-refractivity contribution in [1.82, 2.24) is 0 Å². The minimum absolute atomic E-state index is 0.524. The number of benzene rings is 1. The summed E-state index contributed by atoms with van der Waals surface area (Å²) in [5.41, 5.74) is -0.631. The SMILES string of the molecule is CCC1CCC(COc2ccc(C(F)(F)F)cc2)CC1. The fraction of sp³-hybridized carbons (Fsp3) is 0.625. The van der Waals surface area contributed by atoms with Crippen molar-refractivity contribution in [3.05, 3.63) is 29.8 Å². The number of hydrogen-bond acceptors (Lipinski definition) is 1. The fourth-order valence-corrected chi connectivity index (χ4v) is 2.76. The Morgan fingerprint density at radius 1 is 1.00 bits per heavy atom. The van der Waals surface area contributed by atoms with Gasteiger partial charge in [-0.25, -0.2) is 0 Å². The highest BCUT2D eigenvalue weighted by atomic mass is 19.4. The van der Waals surface area contributed by atoms with Gasteiger partial charge in [0.1, 0.15) is 5.75 Å². The van der Waals surface area contributed by atoms with Gasteiger partial charge in [0, 0.05) is 0 Å². The third kappa shape index (κ3) is 4.15. The Kier molecular flexibility index (Phi) is 4.95. The number of hydrogen-bond donors (Lipinski definition) is 0. The van der Waals surface area contributed by atoms with E-state index in [1.807, 2.05) is 0 Å². The van der Waals surface area contributed by atoms with Crippen LogP contribution in [-0.4, -0.2) is 6.61 Å². The maximum atomic E-state index is 12.4. The molecular weight excluding hydrogens is 265 g/mol. The second-order valence-electron chi connectivity index (χ2n) is 5.63.